The number of aryl methyl sites for hydroxylation is 1. The van der Waals surface area contributed by atoms with Gasteiger partial charge in [0.15, 0.2) is 5.78 Å². The number of hydrogen-bond donors (Lipinski definition) is 0. The van der Waals surface area contributed by atoms with E-state index < -0.39 is 0 Å². The zero-order chi connectivity index (χ0) is 13.1. The average molecular weight is 327 g/mol. The Labute approximate surface area is 118 Å². The summed E-state index contributed by atoms with van der Waals surface area (Å²) in [5, 5.41) is 1.94. The van der Waals surface area contributed by atoms with Crippen molar-refractivity contribution in [3.63, 3.8) is 0 Å². The molecule has 0 N–H and O–H groups in total. The first-order chi connectivity index (χ1) is 8.61. The lowest BCUT2D eigenvalue weighted by Gasteiger charge is -2.03. The molecule has 2 aromatic rings. The SMILES string of the molecule is CCc1ccsc1C(=O)Cc1ccc(F)c(Br)c1. The van der Waals surface area contributed by atoms with E-state index in [0.29, 0.717) is 10.9 Å². The Morgan fingerprint density at radius 1 is 1.39 bits per heavy atom. The number of hydrogen-bond acceptors (Lipinski definition) is 2. The van der Waals surface area contributed by atoms with Gasteiger partial charge in [0.05, 0.1) is 9.35 Å². The van der Waals surface area contributed by atoms with E-state index in [0.717, 1.165) is 22.4 Å². The number of halogens is 2. The fraction of sp³-hybridized carbons (Fsp3) is 0.214. The first-order valence-corrected chi connectivity index (χ1v) is 7.32. The molecule has 2 rings (SSSR count). The van der Waals surface area contributed by atoms with E-state index in [2.05, 4.69) is 15.9 Å². The molecule has 0 bridgehead atoms. The standard InChI is InChI=1S/C14H12BrFOS/c1-2-10-5-6-18-14(10)13(17)8-9-3-4-12(16)11(15)7-9/h3-7H,2,8H2,1H3. The molecule has 0 spiro atoms. The minimum atomic E-state index is -0.309. The zero-order valence-corrected chi connectivity index (χ0v) is 12.3. The van der Waals surface area contributed by atoms with Crippen molar-refractivity contribution in [3.8, 4) is 0 Å². The highest BCUT2D eigenvalue weighted by atomic mass is 79.9. The van der Waals surface area contributed by atoms with Gasteiger partial charge in [0, 0.05) is 6.42 Å². The van der Waals surface area contributed by atoms with Crippen LogP contribution in [0.3, 0.4) is 0 Å². The maximum atomic E-state index is 13.1. The molecule has 0 saturated carbocycles. The second kappa shape index (κ2) is 5.76. The molecule has 94 valence electrons. The van der Waals surface area contributed by atoms with Crippen LogP contribution in [0.4, 0.5) is 4.39 Å². The lowest BCUT2D eigenvalue weighted by Crippen LogP contribution is -2.04. The maximum absolute atomic E-state index is 13.1. The van der Waals surface area contributed by atoms with Gasteiger partial charge in [-0.15, -0.1) is 11.3 Å². The van der Waals surface area contributed by atoms with Gasteiger partial charge in [-0.2, -0.15) is 0 Å². The number of Topliss-reactive ketones (excluding diaryl/α,β-unsaturated/α-hetero) is 1. The zero-order valence-electron chi connectivity index (χ0n) is 9.87. The van der Waals surface area contributed by atoms with E-state index in [4.69, 9.17) is 0 Å². The molecule has 1 nitrogen and oxygen atoms in total. The van der Waals surface area contributed by atoms with Crippen LogP contribution in [0.2, 0.25) is 0 Å². The van der Waals surface area contributed by atoms with Crippen molar-refractivity contribution in [2.24, 2.45) is 0 Å². The number of carbonyl (C=O) groups excluding carboxylic acids is 1. The van der Waals surface area contributed by atoms with Gasteiger partial charge in [0.2, 0.25) is 0 Å². The van der Waals surface area contributed by atoms with E-state index >= 15 is 0 Å². The highest BCUT2D eigenvalue weighted by Gasteiger charge is 2.13. The van der Waals surface area contributed by atoms with Crippen molar-refractivity contribution in [2.45, 2.75) is 19.8 Å². The van der Waals surface area contributed by atoms with E-state index in [1.54, 1.807) is 12.1 Å². The highest BCUT2D eigenvalue weighted by Crippen LogP contribution is 2.22. The van der Waals surface area contributed by atoms with Gasteiger partial charge in [0.1, 0.15) is 5.82 Å². The second-order valence-electron chi connectivity index (χ2n) is 3.98. The molecule has 0 aliphatic heterocycles. The first kappa shape index (κ1) is 13.4. The maximum Gasteiger partial charge on any atom is 0.177 e. The number of benzene rings is 1. The fourth-order valence-corrected chi connectivity index (χ4v) is 3.14. The first-order valence-electron chi connectivity index (χ1n) is 5.65. The summed E-state index contributed by atoms with van der Waals surface area (Å²) in [6.45, 7) is 2.04. The van der Waals surface area contributed by atoms with Crippen molar-refractivity contribution in [2.75, 3.05) is 0 Å². The Hall–Kier alpha value is -1.00. The van der Waals surface area contributed by atoms with E-state index in [-0.39, 0.29) is 11.6 Å². The Balaban J connectivity index is 2.19. The van der Waals surface area contributed by atoms with Gasteiger partial charge in [-0.1, -0.05) is 13.0 Å². The third-order valence-electron chi connectivity index (χ3n) is 2.73. The molecular formula is C14H12BrFOS. The number of rotatable bonds is 4. The summed E-state index contributed by atoms with van der Waals surface area (Å²) in [6, 6.07) is 6.67. The van der Waals surface area contributed by atoms with Crippen molar-refractivity contribution in [3.05, 3.63) is 55.9 Å². The van der Waals surface area contributed by atoms with Gasteiger partial charge in [0.25, 0.3) is 0 Å². The molecule has 0 fully saturated rings. The van der Waals surface area contributed by atoms with Gasteiger partial charge >= 0.3 is 0 Å². The Morgan fingerprint density at radius 3 is 2.83 bits per heavy atom. The minimum absolute atomic E-state index is 0.0976. The lowest BCUT2D eigenvalue weighted by atomic mass is 10.1. The van der Waals surface area contributed by atoms with Crippen molar-refractivity contribution in [1.82, 2.24) is 0 Å². The van der Waals surface area contributed by atoms with Gasteiger partial charge in [-0.3, -0.25) is 4.79 Å². The number of thiophene rings is 1. The molecular weight excluding hydrogens is 315 g/mol. The van der Waals surface area contributed by atoms with Crippen LogP contribution in [-0.4, -0.2) is 5.78 Å². The van der Waals surface area contributed by atoms with Gasteiger partial charge < -0.3 is 0 Å². The van der Waals surface area contributed by atoms with Gasteiger partial charge in [-0.05, 0) is 57.1 Å². The third-order valence-corrected chi connectivity index (χ3v) is 4.34. The van der Waals surface area contributed by atoms with Crippen LogP contribution in [0.25, 0.3) is 0 Å². The Kier molecular flexibility index (Phi) is 4.30. The summed E-state index contributed by atoms with van der Waals surface area (Å²) in [5.74, 6) is -0.211. The smallest absolute Gasteiger partial charge is 0.177 e. The summed E-state index contributed by atoms with van der Waals surface area (Å²) in [6.07, 6.45) is 1.17. The van der Waals surface area contributed by atoms with Crippen LogP contribution in [0.15, 0.2) is 34.1 Å². The predicted molar refractivity (Wildman–Crippen MR) is 75.8 cm³/mol. The van der Waals surface area contributed by atoms with Crippen LogP contribution < -0.4 is 0 Å². The number of ketones is 1. The third kappa shape index (κ3) is 2.87. The quantitative estimate of drug-likeness (QED) is 0.748. The van der Waals surface area contributed by atoms with Crippen LogP contribution >= 0.6 is 27.3 Å². The summed E-state index contributed by atoms with van der Waals surface area (Å²) in [5.41, 5.74) is 1.91. The molecule has 0 radical (unpaired) electrons. The lowest BCUT2D eigenvalue weighted by molar-refractivity contribution is 0.0996. The minimum Gasteiger partial charge on any atom is -0.293 e. The summed E-state index contributed by atoms with van der Waals surface area (Å²) in [4.78, 5) is 13.0. The normalized spacial score (nSPS) is 10.6. The van der Waals surface area contributed by atoms with Crippen molar-refractivity contribution < 1.29 is 9.18 Å². The largest absolute Gasteiger partial charge is 0.293 e. The predicted octanol–water partition coefficient (Wildman–Crippen LogP) is 4.64. The molecule has 1 aromatic heterocycles. The summed E-state index contributed by atoms with van der Waals surface area (Å²) < 4.78 is 13.5. The molecule has 4 heteroatoms. The molecule has 1 heterocycles. The molecule has 0 aliphatic rings. The van der Waals surface area contributed by atoms with Crippen LogP contribution in [-0.2, 0) is 12.8 Å². The van der Waals surface area contributed by atoms with E-state index in [9.17, 15) is 9.18 Å². The molecule has 18 heavy (non-hydrogen) atoms. The van der Waals surface area contributed by atoms with Crippen LogP contribution in [0, 0.1) is 5.82 Å². The highest BCUT2D eigenvalue weighted by molar-refractivity contribution is 9.10. The number of carbonyl (C=O) groups is 1. The monoisotopic (exact) mass is 326 g/mol. The molecule has 0 atom stereocenters. The van der Waals surface area contributed by atoms with Crippen molar-refractivity contribution >= 4 is 33.0 Å². The van der Waals surface area contributed by atoms with Crippen LogP contribution in [0.1, 0.15) is 27.7 Å². The van der Waals surface area contributed by atoms with Gasteiger partial charge in [-0.25, -0.2) is 4.39 Å². The Morgan fingerprint density at radius 2 is 2.17 bits per heavy atom. The summed E-state index contributed by atoms with van der Waals surface area (Å²) in [7, 11) is 0. The fourth-order valence-electron chi connectivity index (χ4n) is 1.77. The molecule has 0 amide bonds. The second-order valence-corrected chi connectivity index (χ2v) is 5.75. The Bertz CT molecular complexity index is 577. The van der Waals surface area contributed by atoms with Crippen molar-refractivity contribution in [1.29, 1.82) is 0 Å². The molecule has 0 saturated heterocycles. The average Bonchev–Trinajstić information content (AvgIpc) is 2.82. The van der Waals surface area contributed by atoms with Crippen LogP contribution in [0.5, 0.6) is 0 Å². The molecule has 1 aromatic carbocycles. The van der Waals surface area contributed by atoms with E-state index in [1.807, 2.05) is 18.4 Å². The van der Waals surface area contributed by atoms with E-state index in [1.165, 1.54) is 17.4 Å². The summed E-state index contributed by atoms with van der Waals surface area (Å²) >= 11 is 4.60. The molecule has 0 unspecified atom stereocenters. The topological polar surface area (TPSA) is 17.1 Å². The molecule has 0 aliphatic carbocycles.